The molecule has 0 spiro atoms. The van der Waals surface area contributed by atoms with Crippen LogP contribution in [0.4, 0.5) is 4.39 Å². The Hall–Kier alpha value is -1.49. The van der Waals surface area contributed by atoms with Gasteiger partial charge in [-0.15, -0.1) is 0 Å². The van der Waals surface area contributed by atoms with Gasteiger partial charge in [0.05, 0.1) is 4.47 Å². The molecule has 2 aromatic rings. The highest BCUT2D eigenvalue weighted by molar-refractivity contribution is 9.10. The van der Waals surface area contributed by atoms with Gasteiger partial charge in [0.25, 0.3) is 0 Å². The highest BCUT2D eigenvalue weighted by atomic mass is 79.9. The van der Waals surface area contributed by atoms with E-state index in [1.807, 2.05) is 18.2 Å². The molecule has 1 heterocycles. The van der Waals surface area contributed by atoms with Gasteiger partial charge in [0.15, 0.2) is 0 Å². The molecule has 1 saturated heterocycles. The number of rotatable bonds is 5. The molecule has 1 aliphatic rings. The Labute approximate surface area is 151 Å². The van der Waals surface area contributed by atoms with Crippen LogP contribution in [0.3, 0.4) is 0 Å². The number of nitrogens with zero attached hydrogens (tertiary/aromatic N) is 2. The zero-order chi connectivity index (χ0) is 16.8. The molecule has 1 fully saturated rings. The molecule has 4 heteroatoms. The van der Waals surface area contributed by atoms with Gasteiger partial charge in [0, 0.05) is 39.3 Å². The second-order valence-electron chi connectivity index (χ2n) is 6.14. The third-order valence-electron chi connectivity index (χ3n) is 4.33. The van der Waals surface area contributed by atoms with Crippen LogP contribution < -0.4 is 0 Å². The minimum Gasteiger partial charge on any atom is -0.297 e. The van der Waals surface area contributed by atoms with Gasteiger partial charge < -0.3 is 0 Å². The second kappa shape index (κ2) is 8.56. The van der Waals surface area contributed by atoms with E-state index in [9.17, 15) is 4.39 Å². The summed E-state index contributed by atoms with van der Waals surface area (Å²) >= 11 is 3.26. The number of hydrogen-bond acceptors (Lipinski definition) is 2. The van der Waals surface area contributed by atoms with E-state index < -0.39 is 0 Å². The van der Waals surface area contributed by atoms with Gasteiger partial charge in [-0.05, 0) is 39.2 Å². The Morgan fingerprint density at radius 2 is 1.67 bits per heavy atom. The fourth-order valence-electron chi connectivity index (χ4n) is 2.93. The van der Waals surface area contributed by atoms with Crippen LogP contribution >= 0.6 is 15.9 Å². The molecule has 0 aromatic heterocycles. The molecule has 0 aliphatic carbocycles. The number of benzene rings is 2. The van der Waals surface area contributed by atoms with Crippen molar-refractivity contribution in [3.05, 3.63) is 76.0 Å². The topological polar surface area (TPSA) is 6.48 Å². The maximum Gasteiger partial charge on any atom is 0.137 e. The van der Waals surface area contributed by atoms with Crippen LogP contribution in [0.5, 0.6) is 0 Å². The maximum atomic E-state index is 13.3. The second-order valence-corrected chi connectivity index (χ2v) is 6.99. The van der Waals surface area contributed by atoms with Gasteiger partial charge in [0.1, 0.15) is 5.82 Å². The lowest BCUT2D eigenvalue weighted by Gasteiger charge is -2.34. The van der Waals surface area contributed by atoms with Gasteiger partial charge in [-0.1, -0.05) is 48.6 Å². The SMILES string of the molecule is Fc1ccc(CN2CCN(C/C=C/c3ccccc3)CC2)cc1Br. The van der Waals surface area contributed by atoms with Crippen LogP contribution in [0.2, 0.25) is 0 Å². The van der Waals surface area contributed by atoms with E-state index in [4.69, 9.17) is 0 Å². The first kappa shape index (κ1) is 17.3. The Kier molecular flexibility index (Phi) is 6.18. The molecule has 0 unspecified atom stereocenters. The van der Waals surface area contributed by atoms with Crippen molar-refractivity contribution in [2.24, 2.45) is 0 Å². The van der Waals surface area contributed by atoms with Crippen molar-refractivity contribution in [2.45, 2.75) is 6.54 Å². The minimum absolute atomic E-state index is 0.200. The maximum absolute atomic E-state index is 13.3. The van der Waals surface area contributed by atoms with E-state index in [2.05, 4.69) is 62.1 Å². The van der Waals surface area contributed by atoms with E-state index >= 15 is 0 Å². The van der Waals surface area contributed by atoms with Crippen LogP contribution in [0.15, 0.2) is 59.1 Å². The third-order valence-corrected chi connectivity index (χ3v) is 4.94. The molecule has 0 bridgehead atoms. The molecular weight excluding hydrogens is 367 g/mol. The summed E-state index contributed by atoms with van der Waals surface area (Å²) in [6.45, 7) is 6.11. The van der Waals surface area contributed by atoms with Crippen LogP contribution in [0.1, 0.15) is 11.1 Å². The molecule has 126 valence electrons. The monoisotopic (exact) mass is 388 g/mol. The number of hydrogen-bond donors (Lipinski definition) is 0. The van der Waals surface area contributed by atoms with Gasteiger partial charge in [-0.25, -0.2) is 4.39 Å². The average Bonchev–Trinajstić information content (AvgIpc) is 2.61. The van der Waals surface area contributed by atoms with Gasteiger partial charge >= 0.3 is 0 Å². The van der Waals surface area contributed by atoms with E-state index in [0.717, 1.165) is 44.8 Å². The standard InChI is InChI=1S/C20H22BrFN2/c21-19-15-18(8-9-20(19)22)16-24-13-11-23(12-14-24)10-4-7-17-5-2-1-3-6-17/h1-9,15H,10-14,16H2/b7-4+. The highest BCUT2D eigenvalue weighted by Crippen LogP contribution is 2.18. The van der Waals surface area contributed by atoms with Crippen molar-refractivity contribution >= 4 is 22.0 Å². The normalized spacial score (nSPS) is 16.8. The Morgan fingerprint density at radius 3 is 2.38 bits per heavy atom. The zero-order valence-corrected chi connectivity index (χ0v) is 15.3. The summed E-state index contributed by atoms with van der Waals surface area (Å²) in [4.78, 5) is 4.90. The van der Waals surface area contributed by atoms with Crippen LogP contribution in [0, 0.1) is 5.82 Å². The van der Waals surface area contributed by atoms with E-state index in [0.29, 0.717) is 4.47 Å². The van der Waals surface area contributed by atoms with Crippen molar-refractivity contribution in [3.8, 4) is 0 Å². The summed E-state index contributed by atoms with van der Waals surface area (Å²) in [5.41, 5.74) is 2.40. The molecular formula is C20H22BrFN2. The van der Waals surface area contributed by atoms with Gasteiger partial charge in [-0.3, -0.25) is 9.80 Å². The molecule has 2 aromatic carbocycles. The summed E-state index contributed by atoms with van der Waals surface area (Å²) in [5, 5.41) is 0. The summed E-state index contributed by atoms with van der Waals surface area (Å²) in [5.74, 6) is -0.200. The van der Waals surface area contributed by atoms with E-state index in [-0.39, 0.29) is 5.82 Å². The predicted molar refractivity (Wildman–Crippen MR) is 101 cm³/mol. The molecule has 2 nitrogen and oxygen atoms in total. The first-order valence-electron chi connectivity index (χ1n) is 8.31. The van der Waals surface area contributed by atoms with Crippen LogP contribution in [0.25, 0.3) is 6.08 Å². The summed E-state index contributed by atoms with van der Waals surface area (Å²) in [6, 6.07) is 15.7. The minimum atomic E-state index is -0.200. The van der Waals surface area contributed by atoms with Crippen molar-refractivity contribution in [2.75, 3.05) is 32.7 Å². The predicted octanol–water partition coefficient (Wildman–Crippen LogP) is 4.42. The fraction of sp³-hybridized carbons (Fsp3) is 0.300. The molecule has 0 saturated carbocycles. The molecule has 3 rings (SSSR count). The average molecular weight is 389 g/mol. The van der Waals surface area contributed by atoms with Gasteiger partial charge in [-0.2, -0.15) is 0 Å². The number of piperazine rings is 1. The summed E-state index contributed by atoms with van der Waals surface area (Å²) < 4.78 is 13.8. The first-order chi connectivity index (χ1) is 11.7. The third kappa shape index (κ3) is 5.00. The molecule has 0 amide bonds. The molecule has 0 atom stereocenters. The Bertz CT molecular complexity index is 679. The zero-order valence-electron chi connectivity index (χ0n) is 13.7. The summed E-state index contributed by atoms with van der Waals surface area (Å²) in [7, 11) is 0. The molecule has 0 radical (unpaired) electrons. The van der Waals surface area contributed by atoms with Crippen molar-refractivity contribution in [1.29, 1.82) is 0 Å². The van der Waals surface area contributed by atoms with Crippen molar-refractivity contribution in [3.63, 3.8) is 0 Å². The lowest BCUT2D eigenvalue weighted by molar-refractivity contribution is 0.137. The van der Waals surface area contributed by atoms with E-state index in [1.165, 1.54) is 11.6 Å². The number of halogens is 2. The largest absolute Gasteiger partial charge is 0.297 e. The van der Waals surface area contributed by atoms with Crippen molar-refractivity contribution < 1.29 is 4.39 Å². The molecule has 0 N–H and O–H groups in total. The summed E-state index contributed by atoms with van der Waals surface area (Å²) in [6.07, 6.45) is 4.42. The lowest BCUT2D eigenvalue weighted by atomic mass is 10.2. The quantitative estimate of drug-likeness (QED) is 0.747. The van der Waals surface area contributed by atoms with Crippen LogP contribution in [-0.2, 0) is 6.54 Å². The fourth-order valence-corrected chi connectivity index (χ4v) is 3.35. The smallest absolute Gasteiger partial charge is 0.137 e. The highest BCUT2D eigenvalue weighted by Gasteiger charge is 2.16. The lowest BCUT2D eigenvalue weighted by Crippen LogP contribution is -2.45. The first-order valence-corrected chi connectivity index (χ1v) is 9.10. The molecule has 24 heavy (non-hydrogen) atoms. The Morgan fingerprint density at radius 1 is 0.958 bits per heavy atom. The van der Waals surface area contributed by atoms with Gasteiger partial charge in [0.2, 0.25) is 0 Å². The van der Waals surface area contributed by atoms with E-state index in [1.54, 1.807) is 0 Å². The Balaban J connectivity index is 1.44. The van der Waals surface area contributed by atoms with Crippen molar-refractivity contribution in [1.82, 2.24) is 9.80 Å². The van der Waals surface area contributed by atoms with Crippen LogP contribution in [-0.4, -0.2) is 42.5 Å². The molecule has 1 aliphatic heterocycles.